The van der Waals surface area contributed by atoms with Gasteiger partial charge >= 0.3 is 0 Å². The molecule has 0 unspecified atom stereocenters. The molecule has 0 atom stereocenters. The normalized spacial score (nSPS) is 13.8. The third kappa shape index (κ3) is 5.09. The first-order chi connectivity index (χ1) is 15.8. The molecular weight excluding hydrogens is 440 g/mol. The van der Waals surface area contributed by atoms with Crippen LogP contribution in [0.1, 0.15) is 34.3 Å². The van der Waals surface area contributed by atoms with Crippen LogP contribution in [0.15, 0.2) is 59.6 Å². The van der Waals surface area contributed by atoms with Gasteiger partial charge in [-0.2, -0.15) is 9.40 Å². The number of sulfonamides is 1. The summed E-state index contributed by atoms with van der Waals surface area (Å²) in [4.78, 5) is 13.0. The molecule has 1 aromatic heterocycles. The second-order valence-corrected chi connectivity index (χ2v) is 10.4. The lowest BCUT2D eigenvalue weighted by Gasteiger charge is -2.19. The summed E-state index contributed by atoms with van der Waals surface area (Å²) in [5.41, 5.74) is 1.94. The second kappa shape index (κ2) is 9.36. The van der Waals surface area contributed by atoms with Crippen LogP contribution in [0.2, 0.25) is 0 Å². The molecule has 1 N–H and O–H groups in total. The molecular formula is C24H28N4O4S. The first-order valence-corrected chi connectivity index (χ1v) is 12.3. The molecule has 2 aromatic carbocycles. The number of rotatable bonds is 9. The van der Waals surface area contributed by atoms with Gasteiger partial charge in [-0.3, -0.25) is 4.79 Å². The monoisotopic (exact) mass is 468 g/mol. The first kappa shape index (κ1) is 23.0. The maximum Gasteiger partial charge on any atom is 0.256 e. The highest BCUT2D eigenvalue weighted by molar-refractivity contribution is 7.89. The van der Waals surface area contributed by atoms with Crippen LogP contribution in [-0.2, 0) is 23.1 Å². The van der Waals surface area contributed by atoms with Crippen molar-refractivity contribution >= 4 is 21.7 Å². The summed E-state index contributed by atoms with van der Waals surface area (Å²) in [6.07, 6.45) is 4.06. The van der Waals surface area contributed by atoms with E-state index in [2.05, 4.69) is 10.4 Å². The number of nitrogens with one attached hydrogen (secondary N) is 1. The highest BCUT2D eigenvalue weighted by Crippen LogP contribution is 2.32. The number of nitrogens with zero attached hydrogens (tertiary/aromatic N) is 3. The van der Waals surface area contributed by atoms with Gasteiger partial charge < -0.3 is 10.1 Å². The van der Waals surface area contributed by atoms with Crippen molar-refractivity contribution in [2.75, 3.05) is 19.5 Å². The van der Waals surface area contributed by atoms with Crippen LogP contribution in [0.5, 0.6) is 5.75 Å². The Morgan fingerprint density at radius 1 is 1.21 bits per heavy atom. The fraction of sp³-hybridized carbons (Fsp3) is 0.333. The number of hydrogen-bond acceptors (Lipinski definition) is 5. The van der Waals surface area contributed by atoms with Crippen molar-refractivity contribution in [1.29, 1.82) is 0 Å². The van der Waals surface area contributed by atoms with Gasteiger partial charge in [0.15, 0.2) is 0 Å². The molecule has 4 rings (SSSR count). The molecule has 9 heteroatoms. The van der Waals surface area contributed by atoms with Crippen LogP contribution in [0.3, 0.4) is 0 Å². The predicted molar refractivity (Wildman–Crippen MR) is 126 cm³/mol. The SMILES string of the molecule is COc1ccc(C(=O)Nc2c(C)cnn2CC2CC2)cc1S(=O)(=O)N(C)Cc1ccccc1. The number of anilines is 1. The molecule has 0 aliphatic heterocycles. The molecule has 1 aliphatic rings. The number of benzene rings is 2. The Hall–Kier alpha value is -3.17. The standard InChI is InChI=1S/C24H28N4O4S/c1-17-14-25-28(16-19-9-10-19)23(17)26-24(29)20-11-12-21(32-3)22(13-20)33(30,31)27(2)15-18-7-5-4-6-8-18/h4-8,11-14,19H,9-10,15-16H2,1-3H3,(H,26,29). The van der Waals surface area contributed by atoms with E-state index in [1.165, 1.54) is 43.4 Å². The van der Waals surface area contributed by atoms with Crippen molar-refractivity contribution in [1.82, 2.24) is 14.1 Å². The fourth-order valence-electron chi connectivity index (χ4n) is 3.62. The smallest absolute Gasteiger partial charge is 0.256 e. The summed E-state index contributed by atoms with van der Waals surface area (Å²) >= 11 is 0. The van der Waals surface area contributed by atoms with Gasteiger partial charge in [-0.25, -0.2) is 13.1 Å². The molecule has 1 fully saturated rings. The van der Waals surface area contributed by atoms with Crippen molar-refractivity contribution in [3.8, 4) is 5.75 Å². The Bertz CT molecular complexity index is 1250. The van der Waals surface area contributed by atoms with Crippen molar-refractivity contribution in [2.24, 2.45) is 5.92 Å². The minimum atomic E-state index is -3.91. The second-order valence-electron chi connectivity index (χ2n) is 8.37. The average Bonchev–Trinajstić information content (AvgIpc) is 3.57. The van der Waals surface area contributed by atoms with E-state index in [0.717, 1.165) is 17.7 Å². The van der Waals surface area contributed by atoms with Crippen molar-refractivity contribution in [3.05, 3.63) is 71.4 Å². The van der Waals surface area contributed by atoms with Crippen LogP contribution in [0, 0.1) is 12.8 Å². The third-order valence-corrected chi connectivity index (χ3v) is 7.57. The Morgan fingerprint density at radius 2 is 1.94 bits per heavy atom. The molecule has 1 aliphatic carbocycles. The van der Waals surface area contributed by atoms with Crippen LogP contribution in [0.4, 0.5) is 5.82 Å². The highest BCUT2D eigenvalue weighted by atomic mass is 32.2. The highest BCUT2D eigenvalue weighted by Gasteiger charge is 2.27. The van der Waals surface area contributed by atoms with Gasteiger partial charge in [0.2, 0.25) is 10.0 Å². The number of hydrogen-bond donors (Lipinski definition) is 1. The molecule has 1 heterocycles. The Balaban J connectivity index is 1.60. The van der Waals surface area contributed by atoms with Crippen LogP contribution >= 0.6 is 0 Å². The maximum absolute atomic E-state index is 13.3. The van der Waals surface area contributed by atoms with Gasteiger partial charge in [0.1, 0.15) is 16.5 Å². The zero-order valence-electron chi connectivity index (χ0n) is 19.0. The summed E-state index contributed by atoms with van der Waals surface area (Å²) in [5, 5.41) is 7.28. The number of aromatic nitrogens is 2. The largest absolute Gasteiger partial charge is 0.495 e. The van der Waals surface area contributed by atoms with Gasteiger partial charge in [0, 0.05) is 31.3 Å². The molecule has 1 amide bonds. The van der Waals surface area contributed by atoms with Gasteiger partial charge in [0.05, 0.1) is 13.3 Å². The van der Waals surface area contributed by atoms with Crippen LogP contribution in [0.25, 0.3) is 0 Å². The van der Waals surface area contributed by atoms with Crippen LogP contribution in [-0.4, -0.2) is 42.6 Å². The third-order valence-electron chi connectivity index (χ3n) is 5.74. The quantitative estimate of drug-likeness (QED) is 0.517. The zero-order valence-corrected chi connectivity index (χ0v) is 19.8. The van der Waals surface area contributed by atoms with E-state index in [1.807, 2.05) is 37.3 Å². The lowest BCUT2D eigenvalue weighted by Crippen LogP contribution is -2.27. The summed E-state index contributed by atoms with van der Waals surface area (Å²) in [5.74, 6) is 1.01. The fourth-order valence-corrected chi connectivity index (χ4v) is 4.95. The minimum absolute atomic E-state index is 0.0562. The zero-order chi connectivity index (χ0) is 23.6. The number of carbonyl (C=O) groups excluding carboxylic acids is 1. The molecule has 8 nitrogen and oxygen atoms in total. The van der Waals surface area contributed by atoms with Gasteiger partial charge in [-0.15, -0.1) is 0 Å². The van der Waals surface area contributed by atoms with E-state index in [-0.39, 0.29) is 22.8 Å². The predicted octanol–water partition coefficient (Wildman–Crippen LogP) is 3.68. The molecule has 0 spiro atoms. The summed E-state index contributed by atoms with van der Waals surface area (Å²) < 4.78 is 35.1. The van der Waals surface area contributed by atoms with Gasteiger partial charge in [-0.1, -0.05) is 30.3 Å². The number of ether oxygens (including phenoxy) is 1. The first-order valence-electron chi connectivity index (χ1n) is 10.8. The van der Waals surface area contributed by atoms with Gasteiger partial charge in [0.25, 0.3) is 5.91 Å². The van der Waals surface area contributed by atoms with E-state index >= 15 is 0 Å². The molecule has 0 bridgehead atoms. The Kier molecular flexibility index (Phi) is 6.53. The summed E-state index contributed by atoms with van der Waals surface area (Å²) in [6.45, 7) is 2.84. The number of aryl methyl sites for hydroxylation is 1. The van der Waals surface area contributed by atoms with E-state index in [1.54, 1.807) is 16.9 Å². The van der Waals surface area contributed by atoms with Crippen LogP contribution < -0.4 is 10.1 Å². The Labute approximate surface area is 194 Å². The average molecular weight is 469 g/mol. The van der Waals surface area contributed by atoms with E-state index < -0.39 is 15.9 Å². The lowest BCUT2D eigenvalue weighted by molar-refractivity contribution is 0.102. The number of carbonyl (C=O) groups is 1. The summed E-state index contributed by atoms with van der Waals surface area (Å²) in [6, 6.07) is 13.7. The molecule has 0 saturated heterocycles. The molecule has 0 radical (unpaired) electrons. The van der Waals surface area contributed by atoms with E-state index in [9.17, 15) is 13.2 Å². The molecule has 1 saturated carbocycles. The lowest BCUT2D eigenvalue weighted by atomic mass is 10.2. The van der Waals surface area contributed by atoms with Crippen molar-refractivity contribution < 1.29 is 17.9 Å². The number of methoxy groups -OCH3 is 1. The molecule has 174 valence electrons. The maximum atomic E-state index is 13.3. The molecule has 3 aromatic rings. The Morgan fingerprint density at radius 3 is 2.61 bits per heavy atom. The summed E-state index contributed by atoms with van der Waals surface area (Å²) in [7, 11) is -0.995. The minimum Gasteiger partial charge on any atom is -0.495 e. The number of amides is 1. The molecule has 33 heavy (non-hydrogen) atoms. The van der Waals surface area contributed by atoms with E-state index in [4.69, 9.17) is 4.74 Å². The van der Waals surface area contributed by atoms with Crippen molar-refractivity contribution in [2.45, 2.75) is 37.8 Å². The van der Waals surface area contributed by atoms with Crippen molar-refractivity contribution in [3.63, 3.8) is 0 Å². The van der Waals surface area contributed by atoms with E-state index in [0.29, 0.717) is 11.7 Å². The van der Waals surface area contributed by atoms with Gasteiger partial charge in [-0.05, 0) is 49.4 Å². The topological polar surface area (TPSA) is 93.5 Å².